The van der Waals surface area contributed by atoms with Gasteiger partial charge in [0.25, 0.3) is 0 Å². The summed E-state index contributed by atoms with van der Waals surface area (Å²) in [5, 5.41) is 0. The molecule has 2 N–H and O–H groups in total. The van der Waals surface area contributed by atoms with Gasteiger partial charge in [-0.3, -0.25) is 0 Å². The van der Waals surface area contributed by atoms with Gasteiger partial charge >= 0.3 is 0 Å². The van der Waals surface area contributed by atoms with Crippen molar-refractivity contribution < 1.29 is 0 Å². The van der Waals surface area contributed by atoms with Gasteiger partial charge in [0.05, 0.1) is 11.4 Å². The van der Waals surface area contributed by atoms with Gasteiger partial charge in [0.15, 0.2) is 0 Å². The highest BCUT2D eigenvalue weighted by atomic mass is 15.1. The molecular weight excluding hydrogens is 232 g/mol. The van der Waals surface area contributed by atoms with Gasteiger partial charge in [-0.1, -0.05) is 32.1 Å². The summed E-state index contributed by atoms with van der Waals surface area (Å²) in [5.41, 5.74) is 10.9. The molecule has 0 saturated heterocycles. The van der Waals surface area contributed by atoms with Gasteiger partial charge in [0.2, 0.25) is 0 Å². The van der Waals surface area contributed by atoms with Gasteiger partial charge in [-0.25, -0.2) is 0 Å². The molecule has 1 saturated carbocycles. The number of benzene rings is 1. The summed E-state index contributed by atoms with van der Waals surface area (Å²) in [7, 11) is 2.17. The average Bonchev–Trinajstić information content (AvgIpc) is 2.41. The van der Waals surface area contributed by atoms with Crippen molar-refractivity contribution >= 4 is 11.4 Å². The zero-order chi connectivity index (χ0) is 13.8. The van der Waals surface area contributed by atoms with Gasteiger partial charge in [-0.15, -0.1) is 0 Å². The van der Waals surface area contributed by atoms with Crippen LogP contribution in [-0.4, -0.2) is 13.6 Å². The Morgan fingerprint density at radius 1 is 1.11 bits per heavy atom. The first-order chi connectivity index (χ1) is 9.08. The van der Waals surface area contributed by atoms with Crippen molar-refractivity contribution in [3.05, 3.63) is 23.3 Å². The van der Waals surface area contributed by atoms with E-state index in [4.69, 9.17) is 5.73 Å². The number of hydrogen-bond acceptors (Lipinski definition) is 2. The van der Waals surface area contributed by atoms with E-state index in [1.54, 1.807) is 0 Å². The molecule has 19 heavy (non-hydrogen) atoms. The number of nitrogen functional groups attached to an aromatic ring is 1. The highest BCUT2D eigenvalue weighted by Gasteiger charge is 2.15. The minimum Gasteiger partial charge on any atom is -0.397 e. The van der Waals surface area contributed by atoms with Crippen LogP contribution < -0.4 is 10.6 Å². The average molecular weight is 260 g/mol. The lowest BCUT2D eigenvalue weighted by atomic mass is 9.87. The van der Waals surface area contributed by atoms with Crippen LogP contribution in [0, 0.1) is 19.8 Å². The fourth-order valence-corrected chi connectivity index (χ4v) is 3.13. The van der Waals surface area contributed by atoms with Crippen molar-refractivity contribution in [2.24, 2.45) is 5.92 Å². The minimum atomic E-state index is 0.911. The summed E-state index contributed by atoms with van der Waals surface area (Å²) in [5.74, 6) is 0.934. The molecule has 2 nitrogen and oxygen atoms in total. The number of rotatable bonds is 4. The molecule has 0 radical (unpaired) electrons. The summed E-state index contributed by atoms with van der Waals surface area (Å²) in [6, 6.07) is 4.33. The molecule has 0 aromatic heterocycles. The second-order valence-corrected chi connectivity index (χ2v) is 6.21. The second kappa shape index (κ2) is 6.31. The molecule has 1 aromatic rings. The quantitative estimate of drug-likeness (QED) is 0.818. The van der Waals surface area contributed by atoms with E-state index in [9.17, 15) is 0 Å². The van der Waals surface area contributed by atoms with Crippen LogP contribution in [0.3, 0.4) is 0 Å². The fourth-order valence-electron chi connectivity index (χ4n) is 3.13. The lowest BCUT2D eigenvalue weighted by Crippen LogP contribution is -2.23. The first kappa shape index (κ1) is 14.2. The minimum absolute atomic E-state index is 0.911. The summed E-state index contributed by atoms with van der Waals surface area (Å²) in [6.07, 6.45) is 8.46. The van der Waals surface area contributed by atoms with Gasteiger partial charge in [-0.2, -0.15) is 0 Å². The third kappa shape index (κ3) is 3.65. The zero-order valence-electron chi connectivity index (χ0n) is 12.7. The Morgan fingerprint density at radius 2 is 1.74 bits per heavy atom. The third-order valence-corrected chi connectivity index (χ3v) is 4.65. The number of aryl methyl sites for hydroxylation is 2. The monoisotopic (exact) mass is 260 g/mol. The molecule has 0 bridgehead atoms. The Bertz CT molecular complexity index is 420. The zero-order valence-corrected chi connectivity index (χ0v) is 12.7. The maximum atomic E-state index is 6.16. The largest absolute Gasteiger partial charge is 0.397 e. The number of nitrogens with two attached hydrogens (primary N) is 1. The first-order valence-electron chi connectivity index (χ1n) is 7.66. The molecule has 0 aliphatic heterocycles. The molecule has 0 spiro atoms. The van der Waals surface area contributed by atoms with Gasteiger partial charge in [0.1, 0.15) is 0 Å². The Labute approximate surface area is 118 Å². The van der Waals surface area contributed by atoms with Crippen molar-refractivity contribution in [2.45, 2.75) is 52.4 Å². The molecule has 0 amide bonds. The van der Waals surface area contributed by atoms with Gasteiger partial charge in [0, 0.05) is 13.6 Å². The summed E-state index contributed by atoms with van der Waals surface area (Å²) < 4.78 is 0. The normalized spacial score (nSPS) is 16.6. The number of anilines is 2. The summed E-state index contributed by atoms with van der Waals surface area (Å²) in [4.78, 5) is 2.33. The van der Waals surface area contributed by atoms with E-state index < -0.39 is 0 Å². The third-order valence-electron chi connectivity index (χ3n) is 4.65. The SMILES string of the molecule is Cc1cc(N)c(N(C)CCC2CCCCC2)cc1C. The van der Waals surface area contributed by atoms with E-state index in [1.165, 1.54) is 55.3 Å². The lowest BCUT2D eigenvalue weighted by molar-refractivity contribution is 0.341. The van der Waals surface area contributed by atoms with Crippen molar-refractivity contribution in [3.8, 4) is 0 Å². The lowest BCUT2D eigenvalue weighted by Gasteiger charge is -2.27. The molecule has 1 aliphatic carbocycles. The Morgan fingerprint density at radius 3 is 2.42 bits per heavy atom. The predicted molar refractivity (Wildman–Crippen MR) is 84.8 cm³/mol. The fraction of sp³-hybridized carbons (Fsp3) is 0.647. The van der Waals surface area contributed by atoms with E-state index in [2.05, 4.69) is 37.9 Å². The Hall–Kier alpha value is -1.18. The van der Waals surface area contributed by atoms with Crippen LogP contribution in [0.1, 0.15) is 49.7 Å². The predicted octanol–water partition coefficient (Wildman–Crippen LogP) is 4.29. The van der Waals surface area contributed by atoms with E-state index in [0.717, 1.165) is 18.2 Å². The number of hydrogen-bond donors (Lipinski definition) is 1. The first-order valence-corrected chi connectivity index (χ1v) is 7.66. The van der Waals surface area contributed by atoms with E-state index in [-0.39, 0.29) is 0 Å². The molecule has 0 heterocycles. The highest BCUT2D eigenvalue weighted by molar-refractivity contribution is 5.69. The maximum Gasteiger partial charge on any atom is 0.0600 e. The van der Waals surface area contributed by atoms with Crippen molar-refractivity contribution in [2.75, 3.05) is 24.2 Å². The van der Waals surface area contributed by atoms with Crippen LogP contribution in [0.15, 0.2) is 12.1 Å². The Balaban J connectivity index is 1.95. The highest BCUT2D eigenvalue weighted by Crippen LogP contribution is 2.29. The molecule has 1 aromatic carbocycles. The van der Waals surface area contributed by atoms with Crippen LogP contribution in [-0.2, 0) is 0 Å². The van der Waals surface area contributed by atoms with Crippen molar-refractivity contribution in [1.82, 2.24) is 0 Å². The van der Waals surface area contributed by atoms with Crippen molar-refractivity contribution in [1.29, 1.82) is 0 Å². The molecule has 0 atom stereocenters. The van der Waals surface area contributed by atoms with Crippen LogP contribution >= 0.6 is 0 Å². The second-order valence-electron chi connectivity index (χ2n) is 6.21. The van der Waals surface area contributed by atoms with Crippen LogP contribution in [0.2, 0.25) is 0 Å². The molecule has 2 rings (SSSR count). The van der Waals surface area contributed by atoms with Gasteiger partial charge in [-0.05, 0) is 49.4 Å². The van der Waals surface area contributed by atoms with Crippen LogP contribution in [0.5, 0.6) is 0 Å². The van der Waals surface area contributed by atoms with Crippen LogP contribution in [0.25, 0.3) is 0 Å². The van der Waals surface area contributed by atoms with E-state index >= 15 is 0 Å². The summed E-state index contributed by atoms with van der Waals surface area (Å²) >= 11 is 0. The van der Waals surface area contributed by atoms with Crippen LogP contribution in [0.4, 0.5) is 11.4 Å². The topological polar surface area (TPSA) is 29.3 Å². The molecule has 1 fully saturated rings. The number of nitrogens with zero attached hydrogens (tertiary/aromatic N) is 1. The van der Waals surface area contributed by atoms with E-state index in [0.29, 0.717) is 0 Å². The smallest absolute Gasteiger partial charge is 0.0600 e. The Kier molecular flexibility index (Phi) is 4.73. The van der Waals surface area contributed by atoms with E-state index in [1.807, 2.05) is 0 Å². The molecule has 2 heteroatoms. The molecular formula is C17H28N2. The summed E-state index contributed by atoms with van der Waals surface area (Å²) in [6.45, 7) is 5.40. The van der Waals surface area contributed by atoms with Crippen molar-refractivity contribution in [3.63, 3.8) is 0 Å². The standard InChI is InChI=1S/C17H28N2/c1-13-11-16(18)17(12-14(13)2)19(3)10-9-15-7-5-4-6-8-15/h11-12,15H,4-10,18H2,1-3H3. The van der Waals surface area contributed by atoms with Gasteiger partial charge < -0.3 is 10.6 Å². The molecule has 0 unspecified atom stereocenters. The maximum absolute atomic E-state index is 6.16. The molecule has 1 aliphatic rings. The molecule has 106 valence electrons.